The Bertz CT molecular complexity index is 409. The first-order valence-corrected chi connectivity index (χ1v) is 7.00. The lowest BCUT2D eigenvalue weighted by Crippen LogP contribution is -2.50. The van der Waals surface area contributed by atoms with Crippen molar-refractivity contribution < 1.29 is 4.79 Å². The second kappa shape index (κ2) is 5.89. The third-order valence-electron chi connectivity index (χ3n) is 2.44. The minimum atomic E-state index is -0.951. The van der Waals surface area contributed by atoms with E-state index in [0.29, 0.717) is 6.42 Å². The molecule has 5 heteroatoms. The van der Waals surface area contributed by atoms with Gasteiger partial charge in [-0.05, 0) is 41.4 Å². The molecule has 0 heterocycles. The van der Waals surface area contributed by atoms with Crippen LogP contribution in [0.3, 0.4) is 0 Å². The Morgan fingerprint density at radius 1 is 1.53 bits per heavy atom. The molecule has 3 nitrogen and oxygen atoms in total. The minimum absolute atomic E-state index is 0.219. The summed E-state index contributed by atoms with van der Waals surface area (Å²) in [5.41, 5.74) is 10.2. The lowest BCUT2D eigenvalue weighted by molar-refractivity contribution is -0.122. The summed E-state index contributed by atoms with van der Waals surface area (Å²) in [5.74, 6) is -0.461. The van der Waals surface area contributed by atoms with Gasteiger partial charge in [-0.1, -0.05) is 19.1 Å². The van der Waals surface area contributed by atoms with Crippen LogP contribution in [0.2, 0.25) is 0 Å². The van der Waals surface area contributed by atoms with Crippen LogP contribution in [0.25, 0.3) is 0 Å². The number of rotatable bonds is 5. The molecular formula is C12H17BrN2OS. The summed E-state index contributed by atoms with van der Waals surface area (Å²) in [4.78, 5) is 12.3. The number of carbonyl (C=O) groups is 1. The molecule has 0 aromatic heterocycles. The number of primary amides is 1. The Hall–Kier alpha value is -0.520. The van der Waals surface area contributed by atoms with Crippen molar-refractivity contribution in [3.8, 4) is 0 Å². The molecule has 2 unspecified atom stereocenters. The first kappa shape index (κ1) is 14.5. The smallest absolute Gasteiger partial charge is 0.237 e. The predicted octanol–water partition coefficient (Wildman–Crippen LogP) is 2.52. The molecule has 0 saturated carbocycles. The quantitative estimate of drug-likeness (QED) is 0.820. The zero-order valence-electron chi connectivity index (χ0n) is 9.94. The summed E-state index contributed by atoms with van der Waals surface area (Å²) in [5, 5.41) is 0.219. The monoisotopic (exact) mass is 316 g/mol. The van der Waals surface area contributed by atoms with E-state index in [2.05, 4.69) is 15.9 Å². The molecule has 0 aliphatic carbocycles. The van der Waals surface area contributed by atoms with Crippen molar-refractivity contribution in [3.05, 3.63) is 28.7 Å². The van der Waals surface area contributed by atoms with Gasteiger partial charge in [0, 0.05) is 14.6 Å². The standard InChI is InChI=1S/C12H17BrN2OS/c1-8(7-12(2,15)11(14)16)17-10-6-4-3-5-9(10)13/h3-6,8H,7,15H2,1-2H3,(H2,14,16). The third kappa shape index (κ3) is 4.33. The van der Waals surface area contributed by atoms with Crippen LogP contribution < -0.4 is 11.5 Å². The highest BCUT2D eigenvalue weighted by Crippen LogP contribution is 2.32. The van der Waals surface area contributed by atoms with Crippen molar-refractivity contribution in [2.75, 3.05) is 0 Å². The van der Waals surface area contributed by atoms with E-state index in [-0.39, 0.29) is 5.25 Å². The van der Waals surface area contributed by atoms with E-state index in [1.807, 2.05) is 31.2 Å². The fourth-order valence-corrected chi connectivity index (χ4v) is 3.26. The first-order chi connectivity index (χ1) is 7.83. The maximum atomic E-state index is 11.2. The number of carbonyl (C=O) groups excluding carboxylic acids is 1. The van der Waals surface area contributed by atoms with E-state index in [9.17, 15) is 4.79 Å². The van der Waals surface area contributed by atoms with Gasteiger partial charge in [0.05, 0.1) is 5.54 Å². The largest absolute Gasteiger partial charge is 0.368 e. The maximum absolute atomic E-state index is 11.2. The minimum Gasteiger partial charge on any atom is -0.368 e. The lowest BCUT2D eigenvalue weighted by Gasteiger charge is -2.24. The van der Waals surface area contributed by atoms with Gasteiger partial charge in [0.1, 0.15) is 0 Å². The molecule has 0 aliphatic rings. The van der Waals surface area contributed by atoms with Crippen LogP contribution in [0.1, 0.15) is 20.3 Å². The molecule has 0 saturated heterocycles. The van der Waals surface area contributed by atoms with Gasteiger partial charge in [0.15, 0.2) is 0 Å². The average Bonchev–Trinajstić information content (AvgIpc) is 2.20. The van der Waals surface area contributed by atoms with E-state index in [1.165, 1.54) is 0 Å². The van der Waals surface area contributed by atoms with Crippen molar-refractivity contribution in [3.63, 3.8) is 0 Å². The van der Waals surface area contributed by atoms with Crippen molar-refractivity contribution in [1.29, 1.82) is 0 Å². The number of hydrogen-bond donors (Lipinski definition) is 2. The fourth-order valence-electron chi connectivity index (χ4n) is 1.50. The number of thioether (sulfide) groups is 1. The molecule has 94 valence electrons. The molecule has 4 N–H and O–H groups in total. The average molecular weight is 317 g/mol. The van der Waals surface area contributed by atoms with Gasteiger partial charge < -0.3 is 11.5 Å². The molecule has 1 rings (SSSR count). The second-order valence-corrected chi connectivity index (χ2v) is 6.68. The summed E-state index contributed by atoms with van der Waals surface area (Å²) in [6.07, 6.45) is 0.550. The predicted molar refractivity (Wildman–Crippen MR) is 75.9 cm³/mol. The SMILES string of the molecule is CC(CC(C)(N)C(N)=O)Sc1ccccc1Br. The Morgan fingerprint density at radius 3 is 2.65 bits per heavy atom. The van der Waals surface area contributed by atoms with E-state index in [1.54, 1.807) is 18.7 Å². The number of amides is 1. The van der Waals surface area contributed by atoms with Crippen LogP contribution in [0.4, 0.5) is 0 Å². The highest BCUT2D eigenvalue weighted by Gasteiger charge is 2.28. The van der Waals surface area contributed by atoms with Gasteiger partial charge in [-0.2, -0.15) is 0 Å². The molecule has 1 amide bonds. The molecular weight excluding hydrogens is 300 g/mol. The van der Waals surface area contributed by atoms with Gasteiger partial charge >= 0.3 is 0 Å². The maximum Gasteiger partial charge on any atom is 0.237 e. The van der Waals surface area contributed by atoms with Crippen LogP contribution in [-0.4, -0.2) is 16.7 Å². The van der Waals surface area contributed by atoms with Gasteiger partial charge in [-0.3, -0.25) is 4.79 Å². The molecule has 0 radical (unpaired) electrons. The Labute approximate surface area is 114 Å². The van der Waals surface area contributed by atoms with E-state index >= 15 is 0 Å². The van der Waals surface area contributed by atoms with E-state index in [4.69, 9.17) is 11.5 Å². The summed E-state index contributed by atoms with van der Waals surface area (Å²) in [6, 6.07) is 7.97. The summed E-state index contributed by atoms with van der Waals surface area (Å²) < 4.78 is 1.05. The normalized spacial score (nSPS) is 16.2. The topological polar surface area (TPSA) is 69.1 Å². The Balaban J connectivity index is 2.65. The lowest BCUT2D eigenvalue weighted by atomic mass is 9.97. The summed E-state index contributed by atoms with van der Waals surface area (Å²) >= 11 is 5.17. The molecule has 1 aromatic rings. The molecule has 1 aromatic carbocycles. The molecule has 0 fully saturated rings. The Morgan fingerprint density at radius 2 is 2.12 bits per heavy atom. The number of hydrogen-bond acceptors (Lipinski definition) is 3. The molecule has 0 aliphatic heterocycles. The molecule has 0 bridgehead atoms. The Kier molecular flexibility index (Phi) is 5.04. The zero-order valence-corrected chi connectivity index (χ0v) is 12.3. The summed E-state index contributed by atoms with van der Waals surface area (Å²) in [6.45, 7) is 3.71. The van der Waals surface area contributed by atoms with Crippen molar-refractivity contribution >= 4 is 33.6 Å². The fraction of sp³-hybridized carbons (Fsp3) is 0.417. The molecule has 0 spiro atoms. The number of halogens is 1. The molecule has 2 atom stereocenters. The second-order valence-electron chi connectivity index (χ2n) is 4.34. The van der Waals surface area contributed by atoms with Crippen molar-refractivity contribution in [2.24, 2.45) is 11.5 Å². The van der Waals surface area contributed by atoms with Gasteiger partial charge in [0.2, 0.25) is 5.91 Å². The van der Waals surface area contributed by atoms with E-state index in [0.717, 1.165) is 9.37 Å². The highest BCUT2D eigenvalue weighted by molar-refractivity contribution is 9.10. The van der Waals surface area contributed by atoms with Crippen LogP contribution in [0, 0.1) is 0 Å². The number of nitrogens with two attached hydrogens (primary N) is 2. The number of benzene rings is 1. The zero-order chi connectivity index (χ0) is 13.1. The van der Waals surface area contributed by atoms with Gasteiger partial charge in [0.25, 0.3) is 0 Å². The van der Waals surface area contributed by atoms with Gasteiger partial charge in [-0.15, -0.1) is 11.8 Å². The third-order valence-corrected chi connectivity index (χ3v) is 4.57. The van der Waals surface area contributed by atoms with Crippen LogP contribution in [0.15, 0.2) is 33.6 Å². The summed E-state index contributed by atoms with van der Waals surface area (Å²) in [7, 11) is 0. The van der Waals surface area contributed by atoms with E-state index < -0.39 is 11.4 Å². The van der Waals surface area contributed by atoms with Crippen molar-refractivity contribution in [1.82, 2.24) is 0 Å². The van der Waals surface area contributed by atoms with Crippen molar-refractivity contribution in [2.45, 2.75) is 36.0 Å². The van der Waals surface area contributed by atoms with Crippen LogP contribution in [-0.2, 0) is 4.79 Å². The van der Waals surface area contributed by atoms with Crippen LogP contribution >= 0.6 is 27.7 Å². The first-order valence-electron chi connectivity index (χ1n) is 5.33. The van der Waals surface area contributed by atoms with Gasteiger partial charge in [-0.25, -0.2) is 0 Å². The molecule has 17 heavy (non-hydrogen) atoms. The highest BCUT2D eigenvalue weighted by atomic mass is 79.9. The van der Waals surface area contributed by atoms with Crippen LogP contribution in [0.5, 0.6) is 0 Å².